The first-order valence-corrected chi connectivity index (χ1v) is 9.99. The number of allylic oxidation sites excluding steroid dienone is 1. The summed E-state index contributed by atoms with van der Waals surface area (Å²) in [6.07, 6.45) is 10.9. The average molecular weight is 345 g/mol. The van der Waals surface area contributed by atoms with Gasteiger partial charge < -0.3 is 18.9 Å². The highest BCUT2D eigenvalue weighted by Gasteiger charge is 2.12. The van der Waals surface area contributed by atoms with Gasteiger partial charge in [0.2, 0.25) is 0 Å². The minimum atomic E-state index is 0.234. The molecule has 0 atom stereocenters. The monoisotopic (exact) mass is 344 g/mol. The molecule has 0 rings (SSSR count). The molecule has 0 bridgehead atoms. The third kappa shape index (κ3) is 13.5. The topological polar surface area (TPSA) is 36.9 Å². The van der Waals surface area contributed by atoms with Gasteiger partial charge in [-0.05, 0) is 25.7 Å². The Morgan fingerprint density at radius 3 is 1.88 bits per heavy atom. The van der Waals surface area contributed by atoms with E-state index in [1.807, 2.05) is 0 Å². The molecule has 4 heteroatoms. The normalized spacial score (nSPS) is 12.0. The zero-order valence-corrected chi connectivity index (χ0v) is 16.5. The molecule has 0 saturated heterocycles. The molecule has 0 aliphatic carbocycles. The maximum atomic E-state index is 5.90. The molecular formula is C20H40O4. The molecule has 4 nitrogen and oxygen atoms in total. The Labute approximate surface area is 149 Å². The third-order valence-corrected chi connectivity index (χ3v) is 3.63. The predicted octanol–water partition coefficient (Wildman–Crippen LogP) is 6.16. The van der Waals surface area contributed by atoms with E-state index >= 15 is 0 Å². The maximum Gasteiger partial charge on any atom is 0.321 e. The largest absolute Gasteiger partial charge is 0.491 e. The molecule has 0 fully saturated rings. The second kappa shape index (κ2) is 18.4. The summed E-state index contributed by atoms with van der Waals surface area (Å²) in [4.78, 5) is 0. The molecule has 0 N–H and O–H groups in total. The lowest BCUT2D eigenvalue weighted by Crippen LogP contribution is -2.10. The number of unbranched alkanes of at least 4 members (excludes halogenated alkanes) is 5. The molecule has 0 saturated carbocycles. The summed E-state index contributed by atoms with van der Waals surface area (Å²) in [5.41, 5.74) is 0. The van der Waals surface area contributed by atoms with Gasteiger partial charge in [0.15, 0.2) is 12.6 Å². The van der Waals surface area contributed by atoms with E-state index < -0.39 is 0 Å². The average Bonchev–Trinajstić information content (AvgIpc) is 2.59. The second-order valence-corrected chi connectivity index (χ2v) is 6.10. The van der Waals surface area contributed by atoms with E-state index in [0.29, 0.717) is 19.2 Å². The fourth-order valence-corrected chi connectivity index (χ4v) is 2.10. The van der Waals surface area contributed by atoms with E-state index in [1.54, 1.807) is 0 Å². The van der Waals surface area contributed by atoms with Crippen LogP contribution in [-0.4, -0.2) is 26.6 Å². The lowest BCUT2D eigenvalue weighted by atomic mass is 10.2. The fourth-order valence-electron chi connectivity index (χ4n) is 2.10. The highest BCUT2D eigenvalue weighted by atomic mass is 16.7. The Morgan fingerprint density at radius 2 is 1.25 bits per heavy atom. The van der Waals surface area contributed by atoms with Gasteiger partial charge in [0.05, 0.1) is 19.8 Å². The SMILES string of the molecule is CCCCCCOCOC(OCCCC)=C(CCC)OCCCC. The van der Waals surface area contributed by atoms with Gasteiger partial charge in [0.1, 0.15) is 0 Å². The van der Waals surface area contributed by atoms with E-state index in [-0.39, 0.29) is 6.79 Å². The molecular weight excluding hydrogens is 304 g/mol. The molecule has 0 aliphatic heterocycles. The molecule has 0 heterocycles. The van der Waals surface area contributed by atoms with E-state index in [0.717, 1.165) is 57.3 Å². The molecule has 0 aromatic carbocycles. The minimum Gasteiger partial charge on any atom is -0.491 e. The zero-order chi connectivity index (χ0) is 17.9. The third-order valence-electron chi connectivity index (χ3n) is 3.63. The molecule has 24 heavy (non-hydrogen) atoms. The molecule has 0 radical (unpaired) electrons. The van der Waals surface area contributed by atoms with Crippen molar-refractivity contribution in [3.8, 4) is 0 Å². The molecule has 0 amide bonds. The van der Waals surface area contributed by atoms with Crippen molar-refractivity contribution in [3.05, 3.63) is 11.7 Å². The predicted molar refractivity (Wildman–Crippen MR) is 99.7 cm³/mol. The van der Waals surface area contributed by atoms with E-state index in [9.17, 15) is 0 Å². The fraction of sp³-hybridized carbons (Fsp3) is 0.900. The van der Waals surface area contributed by atoms with Crippen molar-refractivity contribution in [2.24, 2.45) is 0 Å². The van der Waals surface area contributed by atoms with Crippen molar-refractivity contribution < 1.29 is 18.9 Å². The lowest BCUT2D eigenvalue weighted by Gasteiger charge is -2.17. The van der Waals surface area contributed by atoms with E-state index in [1.165, 1.54) is 19.3 Å². The van der Waals surface area contributed by atoms with Crippen LogP contribution < -0.4 is 0 Å². The Balaban J connectivity index is 4.39. The highest BCUT2D eigenvalue weighted by Crippen LogP contribution is 2.17. The van der Waals surface area contributed by atoms with E-state index in [2.05, 4.69) is 27.7 Å². The van der Waals surface area contributed by atoms with Crippen molar-refractivity contribution in [3.63, 3.8) is 0 Å². The van der Waals surface area contributed by atoms with Crippen LogP contribution in [-0.2, 0) is 18.9 Å². The maximum absolute atomic E-state index is 5.90. The van der Waals surface area contributed by atoms with Crippen molar-refractivity contribution in [1.82, 2.24) is 0 Å². The van der Waals surface area contributed by atoms with Crippen molar-refractivity contribution in [1.29, 1.82) is 0 Å². The van der Waals surface area contributed by atoms with Gasteiger partial charge in [-0.15, -0.1) is 0 Å². The van der Waals surface area contributed by atoms with Gasteiger partial charge in [-0.3, -0.25) is 0 Å². The molecule has 0 aromatic heterocycles. The van der Waals surface area contributed by atoms with Crippen LogP contribution in [0.2, 0.25) is 0 Å². The summed E-state index contributed by atoms with van der Waals surface area (Å²) in [5.74, 6) is 1.35. The van der Waals surface area contributed by atoms with Crippen LogP contribution in [0.5, 0.6) is 0 Å². The summed E-state index contributed by atoms with van der Waals surface area (Å²) in [7, 11) is 0. The van der Waals surface area contributed by atoms with Gasteiger partial charge in [-0.1, -0.05) is 59.8 Å². The first kappa shape index (κ1) is 23.1. The standard InChI is InChI=1S/C20H40O4/c1-5-9-12-13-15-21-18-24-20(23-17-11-7-3)19(14-8-4)22-16-10-6-2/h5-18H2,1-4H3. The number of rotatable bonds is 18. The van der Waals surface area contributed by atoms with Crippen molar-refractivity contribution >= 4 is 0 Å². The van der Waals surface area contributed by atoms with Crippen molar-refractivity contribution in [2.45, 2.75) is 91.9 Å². The van der Waals surface area contributed by atoms with Crippen LogP contribution in [0.25, 0.3) is 0 Å². The van der Waals surface area contributed by atoms with E-state index in [4.69, 9.17) is 18.9 Å². The summed E-state index contributed by atoms with van der Waals surface area (Å²) in [6, 6.07) is 0. The zero-order valence-electron chi connectivity index (χ0n) is 16.5. The second-order valence-electron chi connectivity index (χ2n) is 6.10. The van der Waals surface area contributed by atoms with Crippen LogP contribution in [0.1, 0.15) is 91.9 Å². The first-order valence-electron chi connectivity index (χ1n) is 9.99. The number of hydrogen-bond acceptors (Lipinski definition) is 4. The summed E-state index contributed by atoms with van der Waals surface area (Å²) in [5, 5.41) is 0. The summed E-state index contributed by atoms with van der Waals surface area (Å²) >= 11 is 0. The Kier molecular flexibility index (Phi) is 17.7. The van der Waals surface area contributed by atoms with Crippen LogP contribution >= 0.6 is 0 Å². The van der Waals surface area contributed by atoms with Crippen LogP contribution in [0, 0.1) is 0 Å². The van der Waals surface area contributed by atoms with Crippen molar-refractivity contribution in [2.75, 3.05) is 26.6 Å². The Hall–Kier alpha value is -0.900. The first-order chi connectivity index (χ1) is 11.8. The molecule has 0 aromatic rings. The molecule has 0 unspecified atom stereocenters. The molecule has 0 aliphatic rings. The van der Waals surface area contributed by atoms with Crippen LogP contribution in [0.15, 0.2) is 11.7 Å². The number of ether oxygens (including phenoxy) is 4. The van der Waals surface area contributed by atoms with Gasteiger partial charge in [-0.2, -0.15) is 0 Å². The summed E-state index contributed by atoms with van der Waals surface area (Å²) < 4.78 is 23.1. The van der Waals surface area contributed by atoms with Crippen LogP contribution in [0.4, 0.5) is 0 Å². The lowest BCUT2D eigenvalue weighted by molar-refractivity contribution is -0.0844. The Morgan fingerprint density at radius 1 is 0.583 bits per heavy atom. The van der Waals surface area contributed by atoms with Gasteiger partial charge in [0.25, 0.3) is 0 Å². The van der Waals surface area contributed by atoms with Gasteiger partial charge in [0, 0.05) is 6.42 Å². The highest BCUT2D eigenvalue weighted by molar-refractivity contribution is 4.95. The van der Waals surface area contributed by atoms with Gasteiger partial charge >= 0.3 is 5.95 Å². The quantitative estimate of drug-likeness (QED) is 0.169. The molecule has 0 spiro atoms. The molecule has 144 valence electrons. The number of hydrogen-bond donors (Lipinski definition) is 0. The summed E-state index contributed by atoms with van der Waals surface area (Å²) in [6.45, 7) is 11.0. The van der Waals surface area contributed by atoms with Gasteiger partial charge in [-0.25, -0.2) is 0 Å². The Bertz CT molecular complexity index is 289. The smallest absolute Gasteiger partial charge is 0.321 e. The minimum absolute atomic E-state index is 0.234. The van der Waals surface area contributed by atoms with Crippen LogP contribution in [0.3, 0.4) is 0 Å².